The zero-order valence-corrected chi connectivity index (χ0v) is 17.0. The first-order chi connectivity index (χ1) is 13.7. The van der Waals surface area contributed by atoms with Crippen LogP contribution in [0, 0.1) is 13.8 Å². The second kappa shape index (κ2) is 8.52. The maximum atomic E-state index is 3.85. The zero-order valence-electron chi connectivity index (χ0n) is 17.0. The number of para-hydroxylation sites is 2. The van der Waals surface area contributed by atoms with Crippen molar-refractivity contribution in [3.8, 4) is 0 Å². The Morgan fingerprint density at radius 1 is 0.679 bits per heavy atom. The van der Waals surface area contributed by atoms with Gasteiger partial charge in [-0.2, -0.15) is 0 Å². The van der Waals surface area contributed by atoms with E-state index in [0.29, 0.717) is 6.04 Å². The van der Waals surface area contributed by atoms with Crippen LogP contribution in [0.2, 0.25) is 0 Å². The third-order valence-corrected chi connectivity index (χ3v) is 5.69. The van der Waals surface area contributed by atoms with Crippen molar-refractivity contribution >= 4 is 22.7 Å². The Balaban J connectivity index is 1.76. The second-order valence-electron chi connectivity index (χ2n) is 8.00. The number of anilines is 4. The van der Waals surface area contributed by atoms with Gasteiger partial charge in [0.15, 0.2) is 0 Å². The molecule has 0 aliphatic heterocycles. The van der Waals surface area contributed by atoms with Gasteiger partial charge in [-0.1, -0.05) is 66.8 Å². The fourth-order valence-corrected chi connectivity index (χ4v) is 4.07. The fraction of sp³-hybridized carbons (Fsp3) is 0.308. The van der Waals surface area contributed by atoms with Crippen LogP contribution in [0.5, 0.6) is 0 Å². The molecule has 2 heteroatoms. The maximum absolute atomic E-state index is 3.85. The average molecular weight is 371 g/mol. The molecule has 1 saturated carbocycles. The minimum absolute atomic E-state index is 0.577. The Labute approximate surface area is 169 Å². The van der Waals surface area contributed by atoms with Crippen molar-refractivity contribution in [2.24, 2.45) is 0 Å². The first-order valence-corrected chi connectivity index (χ1v) is 10.5. The Morgan fingerprint density at radius 2 is 1.21 bits per heavy atom. The predicted molar refractivity (Wildman–Crippen MR) is 121 cm³/mol. The molecule has 2 nitrogen and oxygen atoms in total. The molecule has 3 aromatic carbocycles. The lowest BCUT2D eigenvalue weighted by Gasteiger charge is -2.30. The van der Waals surface area contributed by atoms with E-state index in [0.717, 1.165) is 0 Å². The van der Waals surface area contributed by atoms with Crippen molar-refractivity contribution in [1.29, 1.82) is 0 Å². The highest BCUT2D eigenvalue weighted by molar-refractivity contribution is 5.84. The summed E-state index contributed by atoms with van der Waals surface area (Å²) in [5.74, 6) is 0. The van der Waals surface area contributed by atoms with E-state index in [1.807, 2.05) is 0 Å². The molecule has 0 spiro atoms. The largest absolute Gasteiger partial charge is 0.381 e. The number of benzene rings is 3. The van der Waals surface area contributed by atoms with Crippen LogP contribution >= 0.6 is 0 Å². The quantitative estimate of drug-likeness (QED) is 0.499. The van der Waals surface area contributed by atoms with Crippen LogP contribution in [0.1, 0.15) is 43.2 Å². The number of aryl methyl sites for hydroxylation is 2. The summed E-state index contributed by atoms with van der Waals surface area (Å²) in [5.41, 5.74) is 7.36. The Kier molecular flexibility index (Phi) is 5.66. The predicted octanol–water partition coefficient (Wildman–Crippen LogP) is 7.52. The maximum Gasteiger partial charge on any atom is 0.0693 e. The summed E-state index contributed by atoms with van der Waals surface area (Å²) in [4.78, 5) is 2.37. The lowest BCUT2D eigenvalue weighted by molar-refractivity contribution is 0.463. The summed E-state index contributed by atoms with van der Waals surface area (Å²) < 4.78 is 0. The molecule has 0 saturated heterocycles. The van der Waals surface area contributed by atoms with Crippen LogP contribution in [0.25, 0.3) is 0 Å². The Hall–Kier alpha value is -2.74. The number of rotatable bonds is 5. The van der Waals surface area contributed by atoms with Crippen molar-refractivity contribution in [3.05, 3.63) is 83.9 Å². The minimum Gasteiger partial charge on any atom is -0.381 e. The molecular weight excluding hydrogens is 340 g/mol. The first kappa shape index (κ1) is 18.6. The standard InChI is InChI=1S/C26H30N2/c1-20-12-16-23(17-13-20)28(24-18-14-21(2)15-19-24)26-11-7-6-10-25(26)27-22-8-4-3-5-9-22/h6-7,10-19,22,27H,3-5,8-9H2,1-2H3. The molecular formula is C26H30N2. The van der Waals surface area contributed by atoms with Gasteiger partial charge in [0.1, 0.15) is 0 Å². The van der Waals surface area contributed by atoms with Crippen LogP contribution in [0.15, 0.2) is 72.8 Å². The van der Waals surface area contributed by atoms with E-state index in [1.165, 1.54) is 66.0 Å². The SMILES string of the molecule is Cc1ccc(N(c2ccc(C)cc2)c2ccccc2NC2CCCCC2)cc1. The summed E-state index contributed by atoms with van der Waals surface area (Å²) in [6.07, 6.45) is 6.57. The molecule has 0 unspecified atom stereocenters. The number of nitrogens with zero attached hydrogens (tertiary/aromatic N) is 1. The summed E-state index contributed by atoms with van der Waals surface area (Å²) in [6.45, 7) is 4.27. The summed E-state index contributed by atoms with van der Waals surface area (Å²) in [6, 6.07) is 26.9. The van der Waals surface area contributed by atoms with Crippen LogP contribution in [-0.2, 0) is 0 Å². The van der Waals surface area contributed by atoms with Gasteiger partial charge in [0.05, 0.1) is 11.4 Å². The third-order valence-electron chi connectivity index (χ3n) is 5.69. The molecule has 144 valence electrons. The van der Waals surface area contributed by atoms with Gasteiger partial charge >= 0.3 is 0 Å². The van der Waals surface area contributed by atoms with Crippen LogP contribution in [0.3, 0.4) is 0 Å². The second-order valence-corrected chi connectivity index (χ2v) is 8.00. The molecule has 28 heavy (non-hydrogen) atoms. The van der Waals surface area contributed by atoms with E-state index in [4.69, 9.17) is 0 Å². The van der Waals surface area contributed by atoms with Crippen molar-refractivity contribution in [1.82, 2.24) is 0 Å². The van der Waals surface area contributed by atoms with Crippen LogP contribution in [-0.4, -0.2) is 6.04 Å². The topological polar surface area (TPSA) is 15.3 Å². The van der Waals surface area contributed by atoms with E-state index in [2.05, 4.69) is 96.9 Å². The van der Waals surface area contributed by atoms with Gasteiger partial charge in [0, 0.05) is 17.4 Å². The van der Waals surface area contributed by atoms with Gasteiger partial charge in [-0.25, -0.2) is 0 Å². The Morgan fingerprint density at radius 3 is 1.79 bits per heavy atom. The normalized spacial score (nSPS) is 14.6. The van der Waals surface area contributed by atoms with Gasteiger partial charge in [0.2, 0.25) is 0 Å². The molecule has 0 amide bonds. The first-order valence-electron chi connectivity index (χ1n) is 10.5. The average Bonchev–Trinajstić information content (AvgIpc) is 2.73. The molecule has 1 aliphatic carbocycles. The van der Waals surface area contributed by atoms with E-state index in [1.54, 1.807) is 0 Å². The smallest absolute Gasteiger partial charge is 0.0693 e. The minimum atomic E-state index is 0.577. The molecule has 0 atom stereocenters. The van der Waals surface area contributed by atoms with Gasteiger partial charge < -0.3 is 10.2 Å². The van der Waals surface area contributed by atoms with E-state index in [9.17, 15) is 0 Å². The Bertz CT molecular complexity index is 845. The summed E-state index contributed by atoms with van der Waals surface area (Å²) >= 11 is 0. The fourth-order valence-electron chi connectivity index (χ4n) is 4.07. The molecule has 1 N–H and O–H groups in total. The van der Waals surface area contributed by atoms with Crippen molar-refractivity contribution in [2.45, 2.75) is 52.0 Å². The van der Waals surface area contributed by atoms with E-state index in [-0.39, 0.29) is 0 Å². The molecule has 1 aliphatic rings. The molecule has 4 rings (SSSR count). The zero-order chi connectivity index (χ0) is 19.3. The molecule has 0 aromatic heterocycles. The number of nitrogens with one attached hydrogen (secondary N) is 1. The molecule has 1 fully saturated rings. The van der Waals surface area contributed by atoms with Gasteiger partial charge in [-0.15, -0.1) is 0 Å². The highest BCUT2D eigenvalue weighted by Crippen LogP contribution is 2.39. The van der Waals surface area contributed by atoms with Crippen molar-refractivity contribution in [3.63, 3.8) is 0 Å². The molecule has 0 bridgehead atoms. The van der Waals surface area contributed by atoms with Gasteiger partial charge in [-0.05, 0) is 63.1 Å². The molecule has 0 heterocycles. The van der Waals surface area contributed by atoms with Crippen molar-refractivity contribution in [2.75, 3.05) is 10.2 Å². The number of hydrogen-bond donors (Lipinski definition) is 1. The highest BCUT2D eigenvalue weighted by Gasteiger charge is 2.19. The highest BCUT2D eigenvalue weighted by atomic mass is 15.2. The number of hydrogen-bond acceptors (Lipinski definition) is 2. The van der Waals surface area contributed by atoms with E-state index >= 15 is 0 Å². The van der Waals surface area contributed by atoms with Crippen LogP contribution < -0.4 is 10.2 Å². The van der Waals surface area contributed by atoms with E-state index < -0.39 is 0 Å². The van der Waals surface area contributed by atoms with Crippen molar-refractivity contribution < 1.29 is 0 Å². The van der Waals surface area contributed by atoms with Crippen LogP contribution in [0.4, 0.5) is 22.7 Å². The third kappa shape index (κ3) is 4.22. The van der Waals surface area contributed by atoms with Gasteiger partial charge in [0.25, 0.3) is 0 Å². The molecule has 3 aromatic rings. The lowest BCUT2D eigenvalue weighted by atomic mass is 9.95. The summed E-state index contributed by atoms with van der Waals surface area (Å²) in [7, 11) is 0. The summed E-state index contributed by atoms with van der Waals surface area (Å²) in [5, 5.41) is 3.85. The lowest BCUT2D eigenvalue weighted by Crippen LogP contribution is -2.23. The molecule has 0 radical (unpaired) electrons. The monoisotopic (exact) mass is 370 g/mol. The van der Waals surface area contributed by atoms with Gasteiger partial charge in [-0.3, -0.25) is 0 Å².